The summed E-state index contributed by atoms with van der Waals surface area (Å²) in [6.45, 7) is 2.97. The molecule has 1 N–H and O–H groups in total. The lowest BCUT2D eigenvalue weighted by molar-refractivity contribution is -0.129. The number of aromatic nitrogens is 2. The molecule has 1 aromatic rings. The molecule has 0 aliphatic carbocycles. The number of H-pyrrole nitrogens is 1. The summed E-state index contributed by atoms with van der Waals surface area (Å²) >= 11 is 5.53. The minimum atomic E-state index is -0.463. The zero-order valence-corrected chi connectivity index (χ0v) is 10.8. The van der Waals surface area contributed by atoms with Crippen molar-refractivity contribution in [2.45, 2.75) is 19.9 Å². The van der Waals surface area contributed by atoms with Crippen molar-refractivity contribution in [2.24, 2.45) is 0 Å². The van der Waals surface area contributed by atoms with Crippen LogP contribution in [0.3, 0.4) is 0 Å². The molecule has 0 atom stereocenters. The van der Waals surface area contributed by atoms with Crippen LogP contribution in [0.25, 0.3) is 0 Å². The first kappa shape index (κ1) is 12.9. The molecule has 1 aliphatic heterocycles. The van der Waals surface area contributed by atoms with Crippen molar-refractivity contribution in [3.05, 3.63) is 17.0 Å². The van der Waals surface area contributed by atoms with Gasteiger partial charge in [-0.3, -0.25) is 9.89 Å². The Hall–Kier alpha value is -1.56. The second kappa shape index (κ2) is 5.39. The summed E-state index contributed by atoms with van der Waals surface area (Å²) in [4.78, 5) is 24.9. The first-order chi connectivity index (χ1) is 8.67. The van der Waals surface area contributed by atoms with Crippen LogP contribution < -0.4 is 0 Å². The van der Waals surface area contributed by atoms with Crippen molar-refractivity contribution in [3.8, 4) is 0 Å². The molecule has 6 nitrogen and oxygen atoms in total. The van der Waals surface area contributed by atoms with Crippen molar-refractivity contribution >= 4 is 23.5 Å². The van der Waals surface area contributed by atoms with Gasteiger partial charge in [0, 0.05) is 30.8 Å². The third-order valence-corrected chi connectivity index (χ3v) is 3.10. The van der Waals surface area contributed by atoms with Crippen LogP contribution in [0.4, 0.5) is 0 Å². The molecule has 0 saturated heterocycles. The minimum absolute atomic E-state index is 0.0536. The summed E-state index contributed by atoms with van der Waals surface area (Å²) in [6.07, 6.45) is 0.643. The second-order valence-electron chi connectivity index (χ2n) is 3.95. The van der Waals surface area contributed by atoms with Crippen LogP contribution in [0, 0.1) is 0 Å². The van der Waals surface area contributed by atoms with Gasteiger partial charge in [-0.15, -0.1) is 11.6 Å². The summed E-state index contributed by atoms with van der Waals surface area (Å²) in [5.74, 6) is -0.657. The summed E-state index contributed by atoms with van der Waals surface area (Å²) in [5.41, 5.74) is 1.88. The normalized spacial score (nSPS) is 14.2. The van der Waals surface area contributed by atoms with Gasteiger partial charge >= 0.3 is 5.97 Å². The molecule has 0 saturated carbocycles. The largest absolute Gasteiger partial charge is 0.461 e. The topological polar surface area (TPSA) is 75.3 Å². The highest BCUT2D eigenvalue weighted by Gasteiger charge is 2.27. The lowest BCUT2D eigenvalue weighted by Crippen LogP contribution is -2.37. The van der Waals surface area contributed by atoms with Crippen LogP contribution in [0.2, 0.25) is 0 Å². The lowest BCUT2D eigenvalue weighted by atomic mass is 10.1. The Morgan fingerprint density at radius 1 is 1.56 bits per heavy atom. The lowest BCUT2D eigenvalue weighted by Gasteiger charge is -2.26. The van der Waals surface area contributed by atoms with E-state index in [4.69, 9.17) is 16.3 Å². The average molecular weight is 272 g/mol. The molecule has 0 unspecified atom stereocenters. The summed E-state index contributed by atoms with van der Waals surface area (Å²) < 4.78 is 4.92. The van der Waals surface area contributed by atoms with E-state index in [1.54, 1.807) is 11.8 Å². The fourth-order valence-electron chi connectivity index (χ4n) is 1.96. The number of amides is 1. The Balaban J connectivity index is 2.21. The van der Waals surface area contributed by atoms with E-state index in [1.807, 2.05) is 0 Å². The van der Waals surface area contributed by atoms with Crippen molar-refractivity contribution < 1.29 is 14.3 Å². The van der Waals surface area contributed by atoms with Gasteiger partial charge in [-0.25, -0.2) is 4.79 Å². The SMILES string of the molecule is CCOC(=O)c1n[nH]c2c1CN(C(=O)CCl)CC2. The van der Waals surface area contributed by atoms with Crippen LogP contribution in [0.1, 0.15) is 28.7 Å². The molecule has 0 spiro atoms. The highest BCUT2D eigenvalue weighted by atomic mass is 35.5. The van der Waals surface area contributed by atoms with Crippen LogP contribution in [-0.2, 0) is 22.5 Å². The summed E-state index contributed by atoms with van der Waals surface area (Å²) in [5, 5.41) is 6.79. The number of nitrogens with zero attached hydrogens (tertiary/aromatic N) is 2. The van der Waals surface area contributed by atoms with Crippen LogP contribution >= 0.6 is 11.6 Å². The van der Waals surface area contributed by atoms with E-state index >= 15 is 0 Å². The van der Waals surface area contributed by atoms with Crippen LogP contribution in [0.15, 0.2) is 0 Å². The van der Waals surface area contributed by atoms with Gasteiger partial charge in [0.05, 0.1) is 6.61 Å². The van der Waals surface area contributed by atoms with Gasteiger partial charge in [0.1, 0.15) is 5.88 Å². The molecule has 1 amide bonds. The van der Waals surface area contributed by atoms with E-state index in [0.29, 0.717) is 26.1 Å². The Morgan fingerprint density at radius 2 is 2.33 bits per heavy atom. The van der Waals surface area contributed by atoms with E-state index in [-0.39, 0.29) is 17.5 Å². The fraction of sp³-hybridized carbons (Fsp3) is 0.545. The van der Waals surface area contributed by atoms with Gasteiger partial charge in [-0.2, -0.15) is 5.10 Å². The van der Waals surface area contributed by atoms with Crippen molar-refractivity contribution in [2.75, 3.05) is 19.0 Å². The molecule has 2 heterocycles. The molecule has 0 fully saturated rings. The predicted octanol–water partition coefficient (Wildman–Crippen LogP) is 0.710. The zero-order chi connectivity index (χ0) is 13.1. The van der Waals surface area contributed by atoms with Crippen LogP contribution in [0.5, 0.6) is 0 Å². The number of halogens is 1. The number of carbonyl (C=O) groups is 2. The monoisotopic (exact) mass is 271 g/mol. The maximum Gasteiger partial charge on any atom is 0.359 e. The molecule has 0 radical (unpaired) electrons. The molecule has 1 aliphatic rings. The third kappa shape index (κ3) is 2.33. The van der Waals surface area contributed by atoms with Crippen molar-refractivity contribution in [1.82, 2.24) is 15.1 Å². The first-order valence-electron chi connectivity index (χ1n) is 5.74. The summed E-state index contributed by atoms with van der Waals surface area (Å²) in [6, 6.07) is 0. The van der Waals surface area contributed by atoms with E-state index in [9.17, 15) is 9.59 Å². The molecule has 18 heavy (non-hydrogen) atoms. The number of alkyl halides is 1. The maximum atomic E-state index is 11.7. The average Bonchev–Trinajstić information content (AvgIpc) is 2.80. The minimum Gasteiger partial charge on any atom is -0.461 e. The highest BCUT2D eigenvalue weighted by Crippen LogP contribution is 2.21. The highest BCUT2D eigenvalue weighted by molar-refractivity contribution is 6.27. The van der Waals surface area contributed by atoms with Gasteiger partial charge in [-0.1, -0.05) is 0 Å². The van der Waals surface area contributed by atoms with E-state index in [2.05, 4.69) is 10.2 Å². The number of rotatable bonds is 3. The van der Waals surface area contributed by atoms with Crippen LogP contribution in [-0.4, -0.2) is 46.0 Å². The molecular weight excluding hydrogens is 258 g/mol. The number of hydrogen-bond donors (Lipinski definition) is 1. The number of nitrogens with one attached hydrogen (secondary N) is 1. The second-order valence-corrected chi connectivity index (χ2v) is 4.22. The smallest absolute Gasteiger partial charge is 0.359 e. The van der Waals surface area contributed by atoms with Gasteiger partial charge in [0.2, 0.25) is 5.91 Å². The molecule has 7 heteroatoms. The number of hydrogen-bond acceptors (Lipinski definition) is 4. The Kier molecular flexibility index (Phi) is 3.86. The van der Waals surface area contributed by atoms with Crippen molar-refractivity contribution in [1.29, 1.82) is 0 Å². The Bertz CT molecular complexity index is 472. The zero-order valence-electron chi connectivity index (χ0n) is 10.0. The van der Waals surface area contributed by atoms with E-state index in [1.165, 1.54) is 0 Å². The van der Waals surface area contributed by atoms with Crippen molar-refractivity contribution in [3.63, 3.8) is 0 Å². The summed E-state index contributed by atoms with van der Waals surface area (Å²) in [7, 11) is 0. The van der Waals surface area contributed by atoms with Gasteiger partial charge < -0.3 is 9.64 Å². The number of fused-ring (bicyclic) bond motifs is 1. The maximum absolute atomic E-state index is 11.7. The molecular formula is C11H14ClN3O3. The Labute approximate surface area is 109 Å². The number of esters is 1. The first-order valence-corrected chi connectivity index (χ1v) is 6.27. The quantitative estimate of drug-likeness (QED) is 0.649. The molecule has 2 rings (SSSR count). The number of aromatic amines is 1. The molecule has 0 aromatic carbocycles. The number of carbonyl (C=O) groups excluding carboxylic acids is 2. The standard InChI is InChI=1S/C11H14ClN3O3/c1-2-18-11(17)10-7-6-15(9(16)5-12)4-3-8(7)13-14-10/h2-6H2,1H3,(H,13,14). The van der Waals surface area contributed by atoms with Gasteiger partial charge in [0.25, 0.3) is 0 Å². The van der Waals surface area contributed by atoms with E-state index in [0.717, 1.165) is 11.3 Å². The van der Waals surface area contributed by atoms with Gasteiger partial charge in [-0.05, 0) is 6.92 Å². The Morgan fingerprint density at radius 3 is 3.00 bits per heavy atom. The molecule has 98 valence electrons. The fourth-order valence-corrected chi connectivity index (χ4v) is 2.13. The third-order valence-electron chi connectivity index (χ3n) is 2.87. The van der Waals surface area contributed by atoms with E-state index < -0.39 is 5.97 Å². The molecule has 0 bridgehead atoms. The molecule has 1 aromatic heterocycles. The van der Waals surface area contributed by atoms with Gasteiger partial charge in [0.15, 0.2) is 5.69 Å². The number of ether oxygens (including phenoxy) is 1. The predicted molar refractivity (Wildman–Crippen MR) is 64.4 cm³/mol.